The number of anilines is 2. The van der Waals surface area contributed by atoms with Crippen molar-refractivity contribution >= 4 is 17.4 Å². The summed E-state index contributed by atoms with van der Waals surface area (Å²) in [5.41, 5.74) is 0.713. The number of piperazine rings is 1. The lowest BCUT2D eigenvalue weighted by Crippen LogP contribution is -2.47. The second kappa shape index (κ2) is 9.88. The van der Waals surface area contributed by atoms with E-state index >= 15 is 0 Å². The Labute approximate surface area is 200 Å². The Morgan fingerprint density at radius 1 is 0.943 bits per heavy atom. The lowest BCUT2D eigenvalue weighted by atomic mass is 10.2. The van der Waals surface area contributed by atoms with Gasteiger partial charge in [0.1, 0.15) is 29.7 Å². The predicted molar refractivity (Wildman–Crippen MR) is 127 cm³/mol. The molecule has 35 heavy (non-hydrogen) atoms. The zero-order chi connectivity index (χ0) is 24.2. The molecule has 0 saturated carbocycles. The Bertz CT molecular complexity index is 1340. The highest BCUT2D eigenvalue weighted by molar-refractivity contribution is 5.91. The van der Waals surface area contributed by atoms with Crippen LogP contribution in [0.25, 0.3) is 0 Å². The van der Waals surface area contributed by atoms with Crippen molar-refractivity contribution in [1.29, 1.82) is 0 Å². The molecule has 10 heteroatoms. The third kappa shape index (κ3) is 5.26. The van der Waals surface area contributed by atoms with E-state index < -0.39 is 0 Å². The van der Waals surface area contributed by atoms with Gasteiger partial charge < -0.3 is 24.0 Å². The average molecular weight is 477 g/mol. The van der Waals surface area contributed by atoms with E-state index in [-0.39, 0.29) is 36.1 Å². The molecule has 1 aliphatic heterocycles. The molecule has 180 valence electrons. The Morgan fingerprint density at radius 2 is 1.71 bits per heavy atom. The highest BCUT2D eigenvalue weighted by atomic mass is 19.1. The van der Waals surface area contributed by atoms with Crippen LogP contribution in [-0.4, -0.2) is 41.9 Å². The minimum Gasteiger partial charge on any atom is -0.467 e. The molecule has 0 unspecified atom stereocenters. The Kier molecular flexibility index (Phi) is 6.34. The number of nitrogens with one attached hydrogen (secondary N) is 1. The molecule has 1 aromatic carbocycles. The summed E-state index contributed by atoms with van der Waals surface area (Å²) in [4.78, 5) is 29.0. The molecule has 1 saturated heterocycles. The minimum atomic E-state index is -0.374. The van der Waals surface area contributed by atoms with Crippen LogP contribution in [0, 0.1) is 5.82 Å². The van der Waals surface area contributed by atoms with Crippen LogP contribution in [0.2, 0.25) is 0 Å². The van der Waals surface area contributed by atoms with E-state index in [2.05, 4.69) is 20.2 Å². The quantitative estimate of drug-likeness (QED) is 0.437. The van der Waals surface area contributed by atoms with E-state index in [1.54, 1.807) is 42.5 Å². The van der Waals surface area contributed by atoms with Crippen molar-refractivity contribution in [3.8, 4) is 0 Å². The van der Waals surface area contributed by atoms with Gasteiger partial charge in [-0.2, -0.15) is 5.10 Å². The summed E-state index contributed by atoms with van der Waals surface area (Å²) in [6.07, 6.45) is 1.54. The molecule has 1 N–H and O–H groups in total. The summed E-state index contributed by atoms with van der Waals surface area (Å²) in [5, 5.41) is 7.23. The molecule has 1 amide bonds. The molecule has 0 spiro atoms. The summed E-state index contributed by atoms with van der Waals surface area (Å²) in [7, 11) is 0. The van der Waals surface area contributed by atoms with Crippen LogP contribution in [0.4, 0.5) is 15.9 Å². The molecule has 1 fully saturated rings. The highest BCUT2D eigenvalue weighted by Crippen LogP contribution is 2.19. The highest BCUT2D eigenvalue weighted by Gasteiger charge is 2.20. The van der Waals surface area contributed by atoms with Crippen molar-refractivity contribution in [2.75, 3.05) is 36.0 Å². The van der Waals surface area contributed by atoms with Gasteiger partial charge in [0.25, 0.3) is 11.5 Å². The van der Waals surface area contributed by atoms with Gasteiger partial charge in [-0.3, -0.25) is 9.59 Å². The molecular formula is C25H24FN5O4. The number of hydrogen-bond acceptors (Lipinski definition) is 7. The number of furan rings is 2. The molecule has 4 heterocycles. The summed E-state index contributed by atoms with van der Waals surface area (Å²) < 4.78 is 25.4. The molecular weight excluding hydrogens is 453 g/mol. The largest absolute Gasteiger partial charge is 0.467 e. The number of nitrogens with zero attached hydrogens (tertiary/aromatic N) is 4. The number of rotatable bonds is 7. The van der Waals surface area contributed by atoms with Crippen molar-refractivity contribution in [1.82, 2.24) is 15.1 Å². The molecule has 5 rings (SSSR count). The monoisotopic (exact) mass is 477 g/mol. The summed E-state index contributed by atoms with van der Waals surface area (Å²) in [6, 6.07) is 16.4. The summed E-state index contributed by atoms with van der Waals surface area (Å²) in [6.45, 7) is 3.28. The van der Waals surface area contributed by atoms with Gasteiger partial charge in [0.2, 0.25) is 0 Å². The topological polar surface area (TPSA) is 96.8 Å². The number of halogens is 1. The van der Waals surface area contributed by atoms with E-state index in [4.69, 9.17) is 8.83 Å². The number of carbonyl (C=O) groups excluding carboxylic acids is 1. The van der Waals surface area contributed by atoms with Crippen LogP contribution in [0.3, 0.4) is 0 Å². The van der Waals surface area contributed by atoms with Crippen molar-refractivity contribution in [2.24, 2.45) is 0 Å². The molecule has 1 aliphatic rings. The van der Waals surface area contributed by atoms with E-state index in [0.717, 1.165) is 18.8 Å². The van der Waals surface area contributed by atoms with E-state index in [1.165, 1.54) is 29.1 Å². The smallest absolute Gasteiger partial charge is 0.287 e. The van der Waals surface area contributed by atoms with E-state index in [1.807, 2.05) is 0 Å². The van der Waals surface area contributed by atoms with Gasteiger partial charge in [0.15, 0.2) is 5.76 Å². The fourth-order valence-corrected chi connectivity index (χ4v) is 3.97. The van der Waals surface area contributed by atoms with Gasteiger partial charge in [-0.25, -0.2) is 9.07 Å². The lowest BCUT2D eigenvalue weighted by Gasteiger charge is -2.36. The van der Waals surface area contributed by atoms with Gasteiger partial charge in [-0.1, -0.05) is 0 Å². The van der Waals surface area contributed by atoms with Crippen LogP contribution in [0.15, 0.2) is 80.6 Å². The fourth-order valence-electron chi connectivity index (χ4n) is 3.97. The first-order valence-corrected chi connectivity index (χ1v) is 11.3. The van der Waals surface area contributed by atoms with Crippen LogP contribution < -0.4 is 20.7 Å². The number of carbonyl (C=O) groups is 1. The first-order valence-electron chi connectivity index (χ1n) is 11.3. The zero-order valence-corrected chi connectivity index (χ0v) is 18.9. The number of aromatic nitrogens is 2. The molecule has 0 radical (unpaired) electrons. The first kappa shape index (κ1) is 22.5. The van der Waals surface area contributed by atoms with E-state index in [0.29, 0.717) is 30.4 Å². The minimum absolute atomic E-state index is 0.105. The maximum Gasteiger partial charge on any atom is 0.287 e. The standard InChI is InChI=1S/C25H24FN5O4/c26-18-3-5-19(6-4-18)29-11-13-30(14-12-29)23-9-10-24(32)31(28-23)17-21-7-8-22(35-21)25(33)27-16-20-2-1-15-34-20/h1-10,15H,11-14,16-17H2,(H,27,33). The normalized spacial score (nSPS) is 13.7. The van der Waals surface area contributed by atoms with Crippen molar-refractivity contribution < 1.29 is 18.0 Å². The second-order valence-electron chi connectivity index (χ2n) is 8.17. The van der Waals surface area contributed by atoms with Gasteiger partial charge in [0.05, 0.1) is 12.8 Å². The first-order chi connectivity index (χ1) is 17.0. The maximum atomic E-state index is 13.2. The van der Waals surface area contributed by atoms with Crippen LogP contribution in [0.1, 0.15) is 22.1 Å². The third-order valence-electron chi connectivity index (χ3n) is 5.84. The molecule has 0 aliphatic carbocycles. The molecule has 4 aromatic rings. The third-order valence-corrected chi connectivity index (χ3v) is 5.84. The molecule has 9 nitrogen and oxygen atoms in total. The van der Waals surface area contributed by atoms with Gasteiger partial charge in [-0.15, -0.1) is 0 Å². The lowest BCUT2D eigenvalue weighted by molar-refractivity contribution is 0.0918. The Hall–Kier alpha value is -4.34. The Balaban J connectivity index is 1.21. The van der Waals surface area contributed by atoms with Crippen LogP contribution in [0.5, 0.6) is 0 Å². The van der Waals surface area contributed by atoms with Crippen LogP contribution in [-0.2, 0) is 13.1 Å². The summed E-state index contributed by atoms with van der Waals surface area (Å²) in [5.74, 6) is 1.29. The van der Waals surface area contributed by atoms with Crippen LogP contribution >= 0.6 is 0 Å². The number of hydrogen-bond donors (Lipinski definition) is 1. The number of amides is 1. The van der Waals surface area contributed by atoms with Gasteiger partial charge in [0, 0.05) is 37.9 Å². The van der Waals surface area contributed by atoms with Crippen molar-refractivity contribution in [3.63, 3.8) is 0 Å². The van der Waals surface area contributed by atoms with Gasteiger partial charge in [-0.05, 0) is 54.6 Å². The molecule has 0 bridgehead atoms. The average Bonchev–Trinajstić information content (AvgIpc) is 3.57. The SMILES string of the molecule is O=C(NCc1ccco1)c1ccc(Cn2nc(N3CCN(c4ccc(F)cc4)CC3)ccc2=O)o1. The Morgan fingerprint density at radius 3 is 2.46 bits per heavy atom. The number of benzene rings is 1. The van der Waals surface area contributed by atoms with Crippen molar-refractivity contribution in [2.45, 2.75) is 13.1 Å². The molecule has 3 aromatic heterocycles. The van der Waals surface area contributed by atoms with Crippen molar-refractivity contribution in [3.05, 3.63) is 100 Å². The maximum absolute atomic E-state index is 13.2. The molecule has 0 atom stereocenters. The van der Waals surface area contributed by atoms with E-state index in [9.17, 15) is 14.0 Å². The summed E-state index contributed by atoms with van der Waals surface area (Å²) >= 11 is 0. The zero-order valence-electron chi connectivity index (χ0n) is 18.9. The second-order valence-corrected chi connectivity index (χ2v) is 8.17. The fraction of sp³-hybridized carbons (Fsp3) is 0.240. The van der Waals surface area contributed by atoms with Gasteiger partial charge >= 0.3 is 0 Å². The predicted octanol–water partition coefficient (Wildman–Crippen LogP) is 2.87.